The zero-order valence-corrected chi connectivity index (χ0v) is 10.6. The van der Waals surface area contributed by atoms with Gasteiger partial charge in [0.15, 0.2) is 0 Å². The van der Waals surface area contributed by atoms with Crippen LogP contribution in [-0.4, -0.2) is 29.4 Å². The van der Waals surface area contributed by atoms with E-state index in [1.165, 1.54) is 0 Å². The summed E-state index contributed by atoms with van der Waals surface area (Å²) in [5.74, 6) is -0.939. The number of para-hydroxylation sites is 1. The number of ether oxygens (including phenoxy) is 1. The summed E-state index contributed by atoms with van der Waals surface area (Å²) in [5.41, 5.74) is 1.77. The molecule has 0 fully saturated rings. The number of hydrogen-bond acceptors (Lipinski definition) is 2. The van der Waals surface area contributed by atoms with Gasteiger partial charge in [0.1, 0.15) is 0 Å². The van der Waals surface area contributed by atoms with Crippen molar-refractivity contribution in [1.29, 1.82) is 0 Å². The molecule has 1 N–H and O–H groups in total. The van der Waals surface area contributed by atoms with E-state index in [1.54, 1.807) is 23.8 Å². The molecule has 1 aromatic carbocycles. The van der Waals surface area contributed by atoms with Crippen molar-refractivity contribution in [2.45, 2.75) is 0 Å². The van der Waals surface area contributed by atoms with Crippen LogP contribution in [0.2, 0.25) is 0 Å². The van der Waals surface area contributed by atoms with E-state index in [-0.39, 0.29) is 5.56 Å². The molecule has 4 nitrogen and oxygen atoms in total. The van der Waals surface area contributed by atoms with Crippen LogP contribution >= 0.6 is 0 Å². The van der Waals surface area contributed by atoms with Gasteiger partial charge in [-0.15, -0.1) is 0 Å². The Morgan fingerprint density at radius 2 is 2.05 bits per heavy atom. The molecule has 0 saturated carbocycles. The van der Waals surface area contributed by atoms with E-state index >= 15 is 0 Å². The first-order valence-corrected chi connectivity index (χ1v) is 5.89. The van der Waals surface area contributed by atoms with Gasteiger partial charge in [-0.05, 0) is 23.8 Å². The third kappa shape index (κ3) is 2.92. The predicted molar refractivity (Wildman–Crippen MR) is 73.6 cm³/mol. The number of carbonyl (C=O) groups is 1. The molecule has 4 heteroatoms. The number of aromatic nitrogens is 1. The van der Waals surface area contributed by atoms with Gasteiger partial charge in [-0.2, -0.15) is 0 Å². The second-order valence-corrected chi connectivity index (χ2v) is 4.00. The fraction of sp³-hybridized carbons (Fsp3) is 0.133. The van der Waals surface area contributed by atoms with Crippen molar-refractivity contribution in [1.82, 2.24) is 4.57 Å². The zero-order valence-electron chi connectivity index (χ0n) is 10.6. The SMILES string of the molecule is COCC=Cc1cccc(C(=O)O)c1-n1cccc1. The lowest BCUT2D eigenvalue weighted by Gasteiger charge is -2.11. The quantitative estimate of drug-likeness (QED) is 0.896. The molecule has 0 aliphatic heterocycles. The van der Waals surface area contributed by atoms with Gasteiger partial charge in [-0.1, -0.05) is 24.3 Å². The minimum absolute atomic E-state index is 0.274. The largest absolute Gasteiger partial charge is 0.478 e. The van der Waals surface area contributed by atoms with E-state index in [0.717, 1.165) is 5.56 Å². The van der Waals surface area contributed by atoms with Gasteiger partial charge in [-0.3, -0.25) is 0 Å². The topological polar surface area (TPSA) is 51.5 Å². The van der Waals surface area contributed by atoms with E-state index in [4.69, 9.17) is 4.74 Å². The number of benzene rings is 1. The second kappa shape index (κ2) is 6.02. The standard InChI is InChI=1S/C15H15NO3/c1-19-11-5-7-12-6-4-8-13(15(17)18)14(12)16-9-2-3-10-16/h2-10H,11H2,1H3,(H,17,18). The number of carboxylic acid groups (broad SMARTS) is 1. The van der Waals surface area contributed by atoms with Crippen LogP contribution in [0, 0.1) is 0 Å². The summed E-state index contributed by atoms with van der Waals surface area (Å²) in [6.45, 7) is 0.489. The lowest BCUT2D eigenvalue weighted by Crippen LogP contribution is -2.06. The average Bonchev–Trinajstić information content (AvgIpc) is 2.92. The number of aromatic carboxylic acids is 1. The highest BCUT2D eigenvalue weighted by Crippen LogP contribution is 2.21. The first-order chi connectivity index (χ1) is 9.24. The molecule has 0 spiro atoms. The van der Waals surface area contributed by atoms with E-state index < -0.39 is 5.97 Å². The summed E-state index contributed by atoms with van der Waals surface area (Å²) in [5, 5.41) is 9.30. The smallest absolute Gasteiger partial charge is 0.337 e. The van der Waals surface area contributed by atoms with Crippen molar-refractivity contribution in [2.75, 3.05) is 13.7 Å². The predicted octanol–water partition coefficient (Wildman–Crippen LogP) is 2.84. The van der Waals surface area contributed by atoms with Crippen LogP contribution < -0.4 is 0 Å². The number of methoxy groups -OCH3 is 1. The van der Waals surface area contributed by atoms with Gasteiger partial charge in [-0.25, -0.2) is 4.79 Å². The molecule has 0 aliphatic rings. The van der Waals surface area contributed by atoms with Crippen LogP contribution in [0.1, 0.15) is 15.9 Å². The minimum atomic E-state index is -0.939. The number of rotatable bonds is 5. The molecule has 0 saturated heterocycles. The Bertz CT molecular complexity index is 585. The molecule has 0 amide bonds. The molecule has 1 aromatic heterocycles. The van der Waals surface area contributed by atoms with Gasteiger partial charge in [0.25, 0.3) is 0 Å². The number of carboxylic acids is 1. The van der Waals surface area contributed by atoms with Crippen molar-refractivity contribution in [3.63, 3.8) is 0 Å². The van der Waals surface area contributed by atoms with Crippen LogP contribution in [0.3, 0.4) is 0 Å². The van der Waals surface area contributed by atoms with Crippen LogP contribution in [-0.2, 0) is 4.74 Å². The lowest BCUT2D eigenvalue weighted by atomic mass is 10.1. The fourth-order valence-corrected chi connectivity index (χ4v) is 1.91. The van der Waals surface area contributed by atoms with Gasteiger partial charge in [0.05, 0.1) is 17.9 Å². The van der Waals surface area contributed by atoms with Crippen LogP contribution in [0.25, 0.3) is 11.8 Å². The summed E-state index contributed by atoms with van der Waals surface area (Å²) in [4.78, 5) is 11.3. The molecule has 0 radical (unpaired) electrons. The Morgan fingerprint density at radius 1 is 1.32 bits per heavy atom. The Morgan fingerprint density at radius 3 is 2.68 bits per heavy atom. The summed E-state index contributed by atoms with van der Waals surface area (Å²) in [7, 11) is 1.62. The van der Waals surface area contributed by atoms with Crippen molar-refractivity contribution < 1.29 is 14.6 Å². The molecule has 98 valence electrons. The van der Waals surface area contributed by atoms with Crippen LogP contribution in [0.5, 0.6) is 0 Å². The molecule has 1 heterocycles. The van der Waals surface area contributed by atoms with E-state index in [0.29, 0.717) is 12.3 Å². The van der Waals surface area contributed by atoms with Gasteiger partial charge >= 0.3 is 5.97 Å². The Hall–Kier alpha value is -2.33. The minimum Gasteiger partial charge on any atom is -0.478 e. The summed E-state index contributed by atoms with van der Waals surface area (Å²) in [6.07, 6.45) is 7.38. The number of nitrogens with zero attached hydrogens (tertiary/aromatic N) is 1. The van der Waals surface area contributed by atoms with E-state index in [9.17, 15) is 9.90 Å². The third-order valence-electron chi connectivity index (χ3n) is 2.72. The summed E-state index contributed by atoms with van der Waals surface area (Å²) < 4.78 is 6.76. The first-order valence-electron chi connectivity index (χ1n) is 5.89. The maximum Gasteiger partial charge on any atom is 0.337 e. The van der Waals surface area contributed by atoms with Crippen LogP contribution in [0.15, 0.2) is 48.8 Å². The van der Waals surface area contributed by atoms with Gasteiger partial charge in [0.2, 0.25) is 0 Å². The molecule has 0 aliphatic carbocycles. The van der Waals surface area contributed by atoms with Crippen molar-refractivity contribution in [3.05, 3.63) is 59.9 Å². The molecule has 0 unspecified atom stereocenters. The second-order valence-electron chi connectivity index (χ2n) is 4.00. The Labute approximate surface area is 111 Å². The third-order valence-corrected chi connectivity index (χ3v) is 2.72. The van der Waals surface area contributed by atoms with E-state index in [2.05, 4.69) is 0 Å². The highest BCUT2D eigenvalue weighted by Gasteiger charge is 2.13. The Kier molecular flexibility index (Phi) is 4.15. The molecule has 2 rings (SSSR count). The molecular formula is C15H15NO3. The highest BCUT2D eigenvalue weighted by atomic mass is 16.5. The number of hydrogen-bond donors (Lipinski definition) is 1. The highest BCUT2D eigenvalue weighted by molar-refractivity contribution is 5.93. The normalized spacial score (nSPS) is 11.0. The van der Waals surface area contributed by atoms with Gasteiger partial charge in [0, 0.05) is 19.5 Å². The molecule has 0 bridgehead atoms. The molecule has 0 atom stereocenters. The first kappa shape index (κ1) is 13.1. The van der Waals surface area contributed by atoms with Crippen molar-refractivity contribution in [2.24, 2.45) is 0 Å². The average molecular weight is 257 g/mol. The fourth-order valence-electron chi connectivity index (χ4n) is 1.91. The maximum atomic E-state index is 11.3. The molecule has 2 aromatic rings. The van der Waals surface area contributed by atoms with E-state index in [1.807, 2.05) is 42.7 Å². The van der Waals surface area contributed by atoms with Crippen molar-refractivity contribution >= 4 is 12.0 Å². The van der Waals surface area contributed by atoms with Crippen LogP contribution in [0.4, 0.5) is 0 Å². The molecule has 19 heavy (non-hydrogen) atoms. The lowest BCUT2D eigenvalue weighted by molar-refractivity contribution is 0.0697. The monoisotopic (exact) mass is 257 g/mol. The summed E-state index contributed by atoms with van der Waals surface area (Å²) >= 11 is 0. The van der Waals surface area contributed by atoms with Gasteiger partial charge < -0.3 is 14.4 Å². The van der Waals surface area contributed by atoms with Crippen molar-refractivity contribution in [3.8, 4) is 5.69 Å². The molecular weight excluding hydrogens is 242 g/mol. The Balaban J connectivity index is 2.54. The zero-order chi connectivity index (χ0) is 13.7. The maximum absolute atomic E-state index is 11.3. The summed E-state index contributed by atoms with van der Waals surface area (Å²) in [6, 6.07) is 8.95.